The van der Waals surface area contributed by atoms with Gasteiger partial charge in [0.15, 0.2) is 0 Å². The number of anilines is 2. The van der Waals surface area contributed by atoms with E-state index in [9.17, 15) is 18.8 Å². The second-order valence-electron chi connectivity index (χ2n) is 7.75. The summed E-state index contributed by atoms with van der Waals surface area (Å²) in [5, 5.41) is 10.3. The molecule has 9 heteroatoms. The molecular weight excluding hydrogens is 449 g/mol. The van der Waals surface area contributed by atoms with Crippen molar-refractivity contribution in [2.75, 3.05) is 10.6 Å². The molecule has 0 saturated heterocycles. The van der Waals surface area contributed by atoms with Gasteiger partial charge in [-0.25, -0.2) is 9.82 Å². The summed E-state index contributed by atoms with van der Waals surface area (Å²) >= 11 is 0. The molecule has 3 aromatic carbocycles. The molecule has 0 aliphatic carbocycles. The summed E-state index contributed by atoms with van der Waals surface area (Å²) < 4.78 is 14.9. The number of nitrogens with zero attached hydrogens (tertiary/aromatic N) is 2. The lowest BCUT2D eigenvalue weighted by molar-refractivity contribution is -0.116. The minimum Gasteiger partial charge on any atom is -0.337 e. The molecule has 3 N–H and O–H groups in total. The van der Waals surface area contributed by atoms with Crippen molar-refractivity contribution < 1.29 is 18.8 Å². The van der Waals surface area contributed by atoms with Crippen molar-refractivity contribution in [3.05, 3.63) is 95.9 Å². The van der Waals surface area contributed by atoms with Crippen molar-refractivity contribution in [1.82, 2.24) is 9.99 Å². The molecular formula is C26H22FN5O3. The molecule has 0 radical (unpaired) electrons. The summed E-state index contributed by atoms with van der Waals surface area (Å²) in [7, 11) is 0. The maximum Gasteiger partial charge on any atom is 0.271 e. The summed E-state index contributed by atoms with van der Waals surface area (Å²) in [6.07, 6.45) is 3.27. The molecule has 1 aromatic heterocycles. The fourth-order valence-corrected chi connectivity index (χ4v) is 3.56. The maximum absolute atomic E-state index is 13.1. The second kappa shape index (κ2) is 10.4. The van der Waals surface area contributed by atoms with E-state index in [1.165, 1.54) is 37.4 Å². The van der Waals surface area contributed by atoms with Crippen LogP contribution in [0.5, 0.6) is 0 Å². The first kappa shape index (κ1) is 23.4. The van der Waals surface area contributed by atoms with E-state index >= 15 is 0 Å². The molecule has 0 aliphatic heterocycles. The normalized spacial score (nSPS) is 10.9. The highest BCUT2D eigenvalue weighted by Gasteiger charge is 2.11. The number of hydrogen-bond donors (Lipinski definition) is 3. The van der Waals surface area contributed by atoms with Crippen LogP contribution in [0, 0.1) is 5.82 Å². The lowest BCUT2D eigenvalue weighted by atomic mass is 10.2. The van der Waals surface area contributed by atoms with Crippen LogP contribution >= 0.6 is 0 Å². The zero-order valence-electron chi connectivity index (χ0n) is 18.8. The van der Waals surface area contributed by atoms with Gasteiger partial charge in [-0.2, -0.15) is 5.10 Å². The van der Waals surface area contributed by atoms with Crippen molar-refractivity contribution in [1.29, 1.82) is 0 Å². The number of benzene rings is 3. The first-order valence-electron chi connectivity index (χ1n) is 10.7. The zero-order valence-corrected chi connectivity index (χ0v) is 18.8. The van der Waals surface area contributed by atoms with E-state index in [1.54, 1.807) is 35.0 Å². The fraction of sp³-hybridized carbons (Fsp3) is 0.0769. The first-order chi connectivity index (χ1) is 16.9. The fourth-order valence-electron chi connectivity index (χ4n) is 3.56. The number of carbonyl (C=O) groups is 3. The minimum absolute atomic E-state index is 0.0357. The highest BCUT2D eigenvalue weighted by atomic mass is 19.1. The van der Waals surface area contributed by atoms with E-state index in [4.69, 9.17) is 0 Å². The molecule has 0 fully saturated rings. The SMILES string of the molecule is CC(=O)Nc1cccc(C(=O)N/N=C\c2cn(CC(=O)Nc3ccc(F)cc3)c3ccccc23)c1. The summed E-state index contributed by atoms with van der Waals surface area (Å²) in [5.74, 6) is -1.32. The van der Waals surface area contributed by atoms with Gasteiger partial charge in [-0.1, -0.05) is 24.3 Å². The standard InChI is InChI=1S/C26H22FN5O3/c1-17(33)29-22-6-4-5-18(13-22)26(35)31-28-14-19-15-32(24-8-3-2-7-23(19)24)16-25(34)30-21-11-9-20(27)10-12-21/h2-15H,16H2,1H3,(H,29,33)(H,30,34)(H,31,35)/b28-14-. The van der Waals surface area contributed by atoms with Crippen LogP contribution in [0.2, 0.25) is 0 Å². The Kier molecular flexibility index (Phi) is 6.96. The van der Waals surface area contributed by atoms with E-state index in [-0.39, 0.29) is 24.2 Å². The topological polar surface area (TPSA) is 105 Å². The highest BCUT2D eigenvalue weighted by molar-refractivity contribution is 6.02. The Hall–Kier alpha value is -4.79. The number of aromatic nitrogens is 1. The van der Waals surface area contributed by atoms with Gasteiger partial charge in [-0.05, 0) is 48.5 Å². The maximum atomic E-state index is 13.1. The molecule has 0 aliphatic rings. The number of hydrogen-bond acceptors (Lipinski definition) is 4. The van der Waals surface area contributed by atoms with Gasteiger partial charge in [0.1, 0.15) is 12.4 Å². The Morgan fingerprint density at radius 3 is 2.49 bits per heavy atom. The number of hydrazone groups is 1. The van der Waals surface area contributed by atoms with Crippen LogP contribution in [0.25, 0.3) is 10.9 Å². The van der Waals surface area contributed by atoms with Gasteiger partial charge >= 0.3 is 0 Å². The average Bonchev–Trinajstić information content (AvgIpc) is 3.17. The largest absolute Gasteiger partial charge is 0.337 e. The van der Waals surface area contributed by atoms with Gasteiger partial charge in [0.25, 0.3) is 5.91 Å². The van der Waals surface area contributed by atoms with E-state index in [1.807, 2.05) is 24.3 Å². The molecule has 0 spiro atoms. The molecule has 0 saturated carbocycles. The molecule has 3 amide bonds. The number of para-hydroxylation sites is 1. The van der Waals surface area contributed by atoms with Crippen molar-refractivity contribution in [2.45, 2.75) is 13.5 Å². The number of amides is 3. The Morgan fingerprint density at radius 1 is 0.943 bits per heavy atom. The summed E-state index contributed by atoms with van der Waals surface area (Å²) in [5.41, 5.74) is 5.36. The number of nitrogens with one attached hydrogen (secondary N) is 3. The van der Waals surface area contributed by atoms with E-state index < -0.39 is 5.91 Å². The minimum atomic E-state index is -0.434. The van der Waals surface area contributed by atoms with Crippen molar-refractivity contribution in [3.8, 4) is 0 Å². The van der Waals surface area contributed by atoms with Crippen LogP contribution in [0.3, 0.4) is 0 Å². The van der Waals surface area contributed by atoms with Gasteiger partial charge in [0.05, 0.1) is 6.21 Å². The van der Waals surface area contributed by atoms with Crippen LogP contribution in [-0.4, -0.2) is 28.5 Å². The zero-order chi connectivity index (χ0) is 24.8. The quantitative estimate of drug-likeness (QED) is 0.279. The average molecular weight is 471 g/mol. The molecule has 1 heterocycles. The highest BCUT2D eigenvalue weighted by Crippen LogP contribution is 2.20. The molecule has 4 rings (SSSR count). The lowest BCUT2D eigenvalue weighted by Crippen LogP contribution is -2.18. The van der Waals surface area contributed by atoms with Gasteiger partial charge in [0.2, 0.25) is 11.8 Å². The van der Waals surface area contributed by atoms with E-state index in [0.29, 0.717) is 22.5 Å². The third kappa shape index (κ3) is 5.97. The lowest BCUT2D eigenvalue weighted by Gasteiger charge is -2.07. The molecule has 8 nitrogen and oxygen atoms in total. The Balaban J connectivity index is 1.47. The van der Waals surface area contributed by atoms with Gasteiger partial charge in [0, 0.05) is 46.5 Å². The van der Waals surface area contributed by atoms with Gasteiger partial charge in [-0.15, -0.1) is 0 Å². The monoisotopic (exact) mass is 471 g/mol. The number of fused-ring (bicyclic) bond motifs is 1. The summed E-state index contributed by atoms with van der Waals surface area (Å²) in [6.45, 7) is 1.42. The summed E-state index contributed by atoms with van der Waals surface area (Å²) in [4.78, 5) is 36.2. The molecule has 35 heavy (non-hydrogen) atoms. The summed E-state index contributed by atoms with van der Waals surface area (Å²) in [6, 6.07) is 19.6. The number of carbonyl (C=O) groups excluding carboxylic acids is 3. The van der Waals surface area contributed by atoms with Crippen LogP contribution in [0.1, 0.15) is 22.8 Å². The smallest absolute Gasteiger partial charge is 0.271 e. The Morgan fingerprint density at radius 2 is 1.71 bits per heavy atom. The van der Waals surface area contributed by atoms with Gasteiger partial charge in [-0.3, -0.25) is 14.4 Å². The molecule has 0 atom stereocenters. The van der Waals surface area contributed by atoms with Crippen molar-refractivity contribution in [3.63, 3.8) is 0 Å². The van der Waals surface area contributed by atoms with E-state index in [2.05, 4.69) is 21.2 Å². The molecule has 176 valence electrons. The predicted octanol–water partition coefficient (Wildman–Crippen LogP) is 4.14. The van der Waals surface area contributed by atoms with Gasteiger partial charge < -0.3 is 15.2 Å². The number of rotatable bonds is 7. The van der Waals surface area contributed by atoms with Crippen LogP contribution < -0.4 is 16.1 Å². The van der Waals surface area contributed by atoms with E-state index in [0.717, 1.165) is 10.9 Å². The third-order valence-electron chi connectivity index (χ3n) is 5.08. The first-order valence-corrected chi connectivity index (χ1v) is 10.7. The molecule has 4 aromatic rings. The third-order valence-corrected chi connectivity index (χ3v) is 5.08. The number of halogens is 1. The molecule has 0 bridgehead atoms. The molecule has 0 unspecified atom stereocenters. The Labute approximate surface area is 200 Å². The van der Waals surface area contributed by atoms with Crippen molar-refractivity contribution >= 4 is 46.2 Å². The van der Waals surface area contributed by atoms with Crippen LogP contribution in [-0.2, 0) is 16.1 Å². The van der Waals surface area contributed by atoms with Crippen LogP contribution in [0.4, 0.5) is 15.8 Å². The second-order valence-corrected chi connectivity index (χ2v) is 7.75. The predicted molar refractivity (Wildman–Crippen MR) is 133 cm³/mol. The Bertz CT molecular complexity index is 1430. The van der Waals surface area contributed by atoms with Crippen LogP contribution in [0.15, 0.2) is 84.1 Å². The van der Waals surface area contributed by atoms with Crippen molar-refractivity contribution in [2.24, 2.45) is 5.10 Å².